The molecule has 0 spiro atoms. The van der Waals surface area contributed by atoms with Gasteiger partial charge in [0.15, 0.2) is 3.95 Å². The van der Waals surface area contributed by atoms with Gasteiger partial charge in [0.2, 0.25) is 11.0 Å². The van der Waals surface area contributed by atoms with Gasteiger partial charge in [0.1, 0.15) is 0 Å². The summed E-state index contributed by atoms with van der Waals surface area (Å²) in [5.74, 6) is 0.0385. The van der Waals surface area contributed by atoms with Crippen LogP contribution in [-0.4, -0.2) is 28.7 Å². The summed E-state index contributed by atoms with van der Waals surface area (Å²) >= 11 is 6.23. The highest BCUT2D eigenvalue weighted by molar-refractivity contribution is 7.73. The second-order valence-electron chi connectivity index (χ2n) is 3.32. The minimum atomic E-state index is 0.0385. The average molecular weight is 246 g/mol. The summed E-state index contributed by atoms with van der Waals surface area (Å²) in [5, 5.41) is 13.1. The third kappa shape index (κ3) is 4.89. The Morgan fingerprint density at radius 1 is 1.67 bits per heavy atom. The van der Waals surface area contributed by atoms with Crippen LogP contribution in [0.1, 0.15) is 20.3 Å². The Morgan fingerprint density at radius 3 is 2.93 bits per heavy atom. The van der Waals surface area contributed by atoms with Gasteiger partial charge in [-0.1, -0.05) is 11.3 Å². The molecule has 1 amide bonds. The van der Waals surface area contributed by atoms with Gasteiger partial charge in [-0.3, -0.25) is 9.89 Å². The summed E-state index contributed by atoms with van der Waals surface area (Å²) in [6.45, 7) is 4.43. The zero-order valence-corrected chi connectivity index (χ0v) is 10.3. The van der Waals surface area contributed by atoms with E-state index in [1.165, 1.54) is 11.3 Å². The summed E-state index contributed by atoms with van der Waals surface area (Å²) in [7, 11) is 0. The van der Waals surface area contributed by atoms with Crippen molar-refractivity contribution in [3.05, 3.63) is 3.95 Å². The van der Waals surface area contributed by atoms with E-state index in [0.717, 1.165) is 5.13 Å². The van der Waals surface area contributed by atoms with Crippen molar-refractivity contribution in [3.63, 3.8) is 0 Å². The Morgan fingerprint density at radius 2 is 2.40 bits per heavy atom. The topological polar surface area (TPSA) is 69.8 Å². The van der Waals surface area contributed by atoms with Gasteiger partial charge in [-0.25, -0.2) is 0 Å². The molecule has 1 heterocycles. The summed E-state index contributed by atoms with van der Waals surface area (Å²) in [6.07, 6.45) is 0.435. The molecule has 1 aromatic heterocycles. The number of H-pyrrole nitrogens is 1. The highest BCUT2D eigenvalue weighted by Crippen LogP contribution is 2.09. The van der Waals surface area contributed by atoms with E-state index in [9.17, 15) is 4.79 Å². The SMILES string of the molecule is CC(C)NC(=O)CCNc1n[nH]c(=S)s1. The van der Waals surface area contributed by atoms with E-state index in [-0.39, 0.29) is 11.9 Å². The fraction of sp³-hybridized carbons (Fsp3) is 0.625. The number of hydrogen-bond acceptors (Lipinski definition) is 5. The third-order valence-electron chi connectivity index (χ3n) is 1.52. The molecule has 15 heavy (non-hydrogen) atoms. The quantitative estimate of drug-likeness (QED) is 0.689. The summed E-state index contributed by atoms with van der Waals surface area (Å²) in [5.41, 5.74) is 0. The predicted molar refractivity (Wildman–Crippen MR) is 63.7 cm³/mol. The van der Waals surface area contributed by atoms with Crippen LogP contribution < -0.4 is 10.6 Å². The fourth-order valence-electron chi connectivity index (χ4n) is 0.983. The molecule has 5 nitrogen and oxygen atoms in total. The maximum Gasteiger partial charge on any atom is 0.221 e. The Kier molecular flexibility index (Phi) is 4.70. The van der Waals surface area contributed by atoms with Crippen molar-refractivity contribution in [2.24, 2.45) is 0 Å². The number of anilines is 1. The van der Waals surface area contributed by atoms with E-state index in [0.29, 0.717) is 16.9 Å². The van der Waals surface area contributed by atoms with E-state index < -0.39 is 0 Å². The predicted octanol–water partition coefficient (Wildman–Crippen LogP) is 1.53. The molecule has 0 radical (unpaired) electrons. The first-order chi connectivity index (χ1) is 7.08. The van der Waals surface area contributed by atoms with Gasteiger partial charge < -0.3 is 10.6 Å². The molecule has 0 fully saturated rings. The van der Waals surface area contributed by atoms with Gasteiger partial charge in [-0.15, -0.1) is 5.10 Å². The third-order valence-corrected chi connectivity index (χ3v) is 2.56. The molecule has 1 rings (SSSR count). The zero-order valence-electron chi connectivity index (χ0n) is 8.66. The number of nitrogens with zero attached hydrogens (tertiary/aromatic N) is 1. The van der Waals surface area contributed by atoms with Crippen LogP contribution in [0, 0.1) is 3.95 Å². The maximum absolute atomic E-state index is 11.3. The molecule has 0 unspecified atom stereocenters. The van der Waals surface area contributed by atoms with E-state index in [1.807, 2.05) is 13.8 Å². The van der Waals surface area contributed by atoms with E-state index in [1.54, 1.807) is 0 Å². The lowest BCUT2D eigenvalue weighted by Crippen LogP contribution is -2.31. The van der Waals surface area contributed by atoms with Crippen LogP contribution in [0.2, 0.25) is 0 Å². The fourth-order valence-corrected chi connectivity index (χ4v) is 1.80. The molecule has 0 aliphatic rings. The first-order valence-electron chi connectivity index (χ1n) is 4.66. The number of amides is 1. The number of rotatable bonds is 5. The lowest BCUT2D eigenvalue weighted by Gasteiger charge is -2.07. The molecule has 84 valence electrons. The van der Waals surface area contributed by atoms with E-state index >= 15 is 0 Å². The van der Waals surface area contributed by atoms with Crippen LogP contribution in [0.5, 0.6) is 0 Å². The summed E-state index contributed by atoms with van der Waals surface area (Å²) in [6, 6.07) is 0.185. The Labute approximate surface area is 97.3 Å². The monoisotopic (exact) mass is 246 g/mol. The van der Waals surface area contributed by atoms with Crippen molar-refractivity contribution in [2.75, 3.05) is 11.9 Å². The van der Waals surface area contributed by atoms with Gasteiger partial charge in [0.25, 0.3) is 0 Å². The van der Waals surface area contributed by atoms with Gasteiger partial charge in [0.05, 0.1) is 0 Å². The van der Waals surface area contributed by atoms with Crippen LogP contribution >= 0.6 is 23.6 Å². The van der Waals surface area contributed by atoms with Crippen LogP contribution in [-0.2, 0) is 4.79 Å². The van der Waals surface area contributed by atoms with Gasteiger partial charge in [-0.05, 0) is 26.1 Å². The molecule has 0 aliphatic carbocycles. The lowest BCUT2D eigenvalue weighted by atomic mass is 10.3. The minimum absolute atomic E-state index is 0.0385. The number of hydrogen-bond donors (Lipinski definition) is 3. The molecule has 1 aromatic rings. The lowest BCUT2D eigenvalue weighted by molar-refractivity contribution is -0.121. The summed E-state index contributed by atoms with van der Waals surface area (Å²) in [4.78, 5) is 11.3. The molecule has 0 bridgehead atoms. The molecular weight excluding hydrogens is 232 g/mol. The largest absolute Gasteiger partial charge is 0.360 e. The van der Waals surface area contributed by atoms with Crippen LogP contribution in [0.3, 0.4) is 0 Å². The minimum Gasteiger partial charge on any atom is -0.360 e. The number of carbonyl (C=O) groups excluding carboxylic acids is 1. The Balaban J connectivity index is 2.22. The van der Waals surface area contributed by atoms with Crippen molar-refractivity contribution >= 4 is 34.6 Å². The van der Waals surface area contributed by atoms with Gasteiger partial charge in [-0.2, -0.15) is 0 Å². The highest BCUT2D eigenvalue weighted by atomic mass is 32.1. The van der Waals surface area contributed by atoms with Gasteiger partial charge in [0, 0.05) is 19.0 Å². The van der Waals surface area contributed by atoms with Crippen molar-refractivity contribution in [3.8, 4) is 0 Å². The number of carbonyl (C=O) groups is 1. The second kappa shape index (κ2) is 5.82. The van der Waals surface area contributed by atoms with Gasteiger partial charge >= 0.3 is 0 Å². The average Bonchev–Trinajstić information content (AvgIpc) is 2.50. The van der Waals surface area contributed by atoms with E-state index in [2.05, 4.69) is 20.8 Å². The molecule has 7 heteroatoms. The van der Waals surface area contributed by atoms with Crippen molar-refractivity contribution < 1.29 is 4.79 Å². The van der Waals surface area contributed by atoms with Crippen LogP contribution in [0.4, 0.5) is 5.13 Å². The zero-order chi connectivity index (χ0) is 11.3. The summed E-state index contributed by atoms with van der Waals surface area (Å²) < 4.78 is 0.629. The van der Waals surface area contributed by atoms with Crippen molar-refractivity contribution in [2.45, 2.75) is 26.3 Å². The molecule has 0 aliphatic heterocycles. The normalized spacial score (nSPS) is 10.3. The first kappa shape index (κ1) is 12.1. The number of aromatic nitrogens is 2. The number of aromatic amines is 1. The molecule has 0 saturated carbocycles. The molecule has 0 atom stereocenters. The van der Waals surface area contributed by atoms with Crippen LogP contribution in [0.25, 0.3) is 0 Å². The molecule has 0 saturated heterocycles. The molecule has 3 N–H and O–H groups in total. The first-order valence-corrected chi connectivity index (χ1v) is 5.89. The van der Waals surface area contributed by atoms with Crippen LogP contribution in [0.15, 0.2) is 0 Å². The molecular formula is C8H14N4OS2. The van der Waals surface area contributed by atoms with Crippen molar-refractivity contribution in [1.82, 2.24) is 15.5 Å². The number of nitrogens with one attached hydrogen (secondary N) is 3. The highest BCUT2D eigenvalue weighted by Gasteiger charge is 2.03. The Bertz CT molecular complexity index is 371. The van der Waals surface area contributed by atoms with E-state index in [4.69, 9.17) is 12.2 Å². The molecule has 0 aromatic carbocycles. The standard InChI is InChI=1S/C8H14N4OS2/c1-5(2)10-6(13)3-4-9-7-11-12-8(14)15-7/h5H,3-4H2,1-2H3,(H,9,11)(H,10,13)(H,12,14). The smallest absolute Gasteiger partial charge is 0.221 e. The maximum atomic E-state index is 11.3. The Hall–Kier alpha value is -0.950. The van der Waals surface area contributed by atoms with Crippen molar-refractivity contribution in [1.29, 1.82) is 0 Å². The second-order valence-corrected chi connectivity index (χ2v) is 4.98.